The van der Waals surface area contributed by atoms with Gasteiger partial charge in [-0.1, -0.05) is 38.1 Å². The summed E-state index contributed by atoms with van der Waals surface area (Å²) in [6, 6.07) is 8.25. The van der Waals surface area contributed by atoms with Crippen LogP contribution >= 0.6 is 23.1 Å². The van der Waals surface area contributed by atoms with Crippen molar-refractivity contribution in [1.82, 2.24) is 10.3 Å². The molecular formula is C20H26N2O3S3. The number of hydrogen-bond acceptors (Lipinski definition) is 6. The Morgan fingerprint density at radius 1 is 1.29 bits per heavy atom. The van der Waals surface area contributed by atoms with Crippen LogP contribution in [0.1, 0.15) is 44.4 Å². The first-order chi connectivity index (χ1) is 13.2. The van der Waals surface area contributed by atoms with Crippen LogP contribution in [-0.4, -0.2) is 42.1 Å². The van der Waals surface area contributed by atoms with Crippen LogP contribution in [0.3, 0.4) is 0 Å². The summed E-state index contributed by atoms with van der Waals surface area (Å²) in [6.07, 6.45) is 0.510. The van der Waals surface area contributed by atoms with Gasteiger partial charge in [-0.05, 0) is 24.8 Å². The summed E-state index contributed by atoms with van der Waals surface area (Å²) in [5.74, 6) is 1.28. The van der Waals surface area contributed by atoms with Gasteiger partial charge in [-0.2, -0.15) is 0 Å². The van der Waals surface area contributed by atoms with Crippen molar-refractivity contribution in [1.29, 1.82) is 0 Å². The number of thiazole rings is 1. The highest BCUT2D eigenvalue weighted by atomic mass is 32.2. The smallest absolute Gasteiger partial charge is 0.233 e. The fourth-order valence-corrected chi connectivity index (χ4v) is 6.42. The van der Waals surface area contributed by atoms with Gasteiger partial charge in [0.05, 0.1) is 22.4 Å². The zero-order valence-electron chi connectivity index (χ0n) is 16.3. The molecule has 1 aliphatic heterocycles. The van der Waals surface area contributed by atoms with E-state index in [1.165, 1.54) is 17.3 Å². The number of amides is 1. The minimum atomic E-state index is -2.98. The van der Waals surface area contributed by atoms with Crippen molar-refractivity contribution >= 4 is 38.8 Å². The van der Waals surface area contributed by atoms with E-state index < -0.39 is 9.84 Å². The summed E-state index contributed by atoms with van der Waals surface area (Å²) < 4.78 is 23.0. The number of sulfone groups is 1. The van der Waals surface area contributed by atoms with E-state index in [4.69, 9.17) is 4.98 Å². The molecule has 0 bridgehead atoms. The minimum absolute atomic E-state index is 0.0567. The number of nitrogens with one attached hydrogen (secondary N) is 1. The second kappa shape index (κ2) is 8.97. The summed E-state index contributed by atoms with van der Waals surface area (Å²) >= 11 is 3.13. The molecule has 1 fully saturated rings. The Balaban J connectivity index is 1.51. The fraction of sp³-hybridized carbons (Fsp3) is 0.500. The van der Waals surface area contributed by atoms with E-state index in [1.807, 2.05) is 12.3 Å². The number of carbonyl (C=O) groups excluding carboxylic acids is 1. The lowest BCUT2D eigenvalue weighted by Crippen LogP contribution is -2.40. The Morgan fingerprint density at radius 3 is 2.61 bits per heavy atom. The molecule has 2 aromatic rings. The number of hydrogen-bond donors (Lipinski definition) is 1. The summed E-state index contributed by atoms with van der Waals surface area (Å²) in [6.45, 7) is 6.20. The predicted molar refractivity (Wildman–Crippen MR) is 118 cm³/mol. The molecule has 152 valence electrons. The highest BCUT2D eigenvalue weighted by Crippen LogP contribution is 2.28. The summed E-state index contributed by atoms with van der Waals surface area (Å²) in [7, 11) is -2.98. The van der Waals surface area contributed by atoms with Crippen molar-refractivity contribution in [3.63, 3.8) is 0 Å². The molecule has 2 heterocycles. The quantitative estimate of drug-likeness (QED) is 0.710. The van der Waals surface area contributed by atoms with Gasteiger partial charge in [0.2, 0.25) is 5.91 Å². The van der Waals surface area contributed by atoms with Crippen LogP contribution in [0.25, 0.3) is 10.6 Å². The third-order valence-electron chi connectivity index (χ3n) is 4.81. The molecule has 1 N–H and O–H groups in total. The monoisotopic (exact) mass is 438 g/mol. The van der Waals surface area contributed by atoms with Crippen molar-refractivity contribution in [3.05, 3.63) is 40.9 Å². The molecule has 28 heavy (non-hydrogen) atoms. The molecule has 3 rings (SSSR count). The lowest BCUT2D eigenvalue weighted by molar-refractivity contribution is -0.120. The van der Waals surface area contributed by atoms with Crippen molar-refractivity contribution in [2.75, 3.05) is 11.5 Å². The molecule has 1 saturated heterocycles. The molecule has 8 heteroatoms. The van der Waals surface area contributed by atoms with Crippen LogP contribution in [0.15, 0.2) is 29.6 Å². The van der Waals surface area contributed by atoms with Gasteiger partial charge in [-0.15, -0.1) is 23.1 Å². The summed E-state index contributed by atoms with van der Waals surface area (Å²) in [5.41, 5.74) is 3.38. The molecule has 0 radical (unpaired) electrons. The van der Waals surface area contributed by atoms with E-state index in [0.29, 0.717) is 18.1 Å². The number of aromatic nitrogens is 1. The maximum absolute atomic E-state index is 12.3. The molecule has 5 nitrogen and oxygen atoms in total. The molecular weight excluding hydrogens is 412 g/mol. The molecule has 1 aliphatic rings. The van der Waals surface area contributed by atoms with Gasteiger partial charge in [0.25, 0.3) is 0 Å². The molecule has 0 saturated carbocycles. The SMILES string of the molecule is CC(SCc1csc(-c2ccc(C(C)C)cc2)n1)C(=O)NC1CCS(=O)(=O)C1. The molecule has 2 atom stereocenters. The first-order valence-electron chi connectivity index (χ1n) is 9.40. The predicted octanol–water partition coefficient (Wildman–Crippen LogP) is 3.86. The van der Waals surface area contributed by atoms with E-state index in [-0.39, 0.29) is 28.7 Å². The number of nitrogens with zero attached hydrogens (tertiary/aromatic N) is 1. The summed E-state index contributed by atoms with van der Waals surface area (Å²) in [4.78, 5) is 17.0. The van der Waals surface area contributed by atoms with E-state index in [0.717, 1.165) is 16.3 Å². The van der Waals surface area contributed by atoms with Gasteiger partial charge in [0.1, 0.15) is 5.01 Å². The second-order valence-electron chi connectivity index (χ2n) is 7.48. The maximum Gasteiger partial charge on any atom is 0.233 e. The topological polar surface area (TPSA) is 76.1 Å². The van der Waals surface area contributed by atoms with Crippen LogP contribution in [0.4, 0.5) is 0 Å². The van der Waals surface area contributed by atoms with Gasteiger partial charge >= 0.3 is 0 Å². The Bertz CT molecular complexity index is 920. The first kappa shape index (κ1) is 21.3. The van der Waals surface area contributed by atoms with Gasteiger partial charge < -0.3 is 5.32 Å². The molecule has 2 unspecified atom stereocenters. The first-order valence-corrected chi connectivity index (χ1v) is 13.2. The maximum atomic E-state index is 12.3. The van der Waals surface area contributed by atoms with Crippen molar-refractivity contribution in [2.24, 2.45) is 0 Å². The van der Waals surface area contributed by atoms with E-state index in [9.17, 15) is 13.2 Å². The Kier molecular flexibility index (Phi) is 6.83. The van der Waals surface area contributed by atoms with Crippen LogP contribution < -0.4 is 5.32 Å². The van der Waals surface area contributed by atoms with Crippen molar-refractivity contribution < 1.29 is 13.2 Å². The van der Waals surface area contributed by atoms with Crippen LogP contribution in [0.5, 0.6) is 0 Å². The number of rotatable bonds is 7. The second-order valence-corrected chi connectivity index (χ2v) is 11.9. The van der Waals surface area contributed by atoms with Crippen molar-refractivity contribution in [3.8, 4) is 10.6 Å². The number of carbonyl (C=O) groups is 1. The van der Waals surface area contributed by atoms with Gasteiger partial charge in [-0.25, -0.2) is 13.4 Å². The van der Waals surface area contributed by atoms with E-state index in [2.05, 4.69) is 43.4 Å². The molecule has 1 aromatic carbocycles. The van der Waals surface area contributed by atoms with Crippen molar-refractivity contribution in [2.45, 2.75) is 50.2 Å². The lowest BCUT2D eigenvalue weighted by atomic mass is 10.0. The van der Waals surface area contributed by atoms with Crippen LogP contribution in [0, 0.1) is 0 Å². The third kappa shape index (κ3) is 5.58. The Labute approximate surface area is 175 Å². The number of thioether (sulfide) groups is 1. The van der Waals surface area contributed by atoms with E-state index in [1.54, 1.807) is 11.3 Å². The van der Waals surface area contributed by atoms with Crippen LogP contribution in [-0.2, 0) is 20.4 Å². The Hall–Kier alpha value is -1.38. The molecule has 0 aliphatic carbocycles. The number of benzene rings is 1. The Morgan fingerprint density at radius 2 is 2.00 bits per heavy atom. The average Bonchev–Trinajstić information content (AvgIpc) is 3.26. The third-order valence-corrected chi connectivity index (χ3v) is 8.69. The molecule has 1 amide bonds. The average molecular weight is 439 g/mol. The fourth-order valence-electron chi connectivity index (χ4n) is 3.03. The normalized spacial score (nSPS) is 19.6. The standard InChI is InChI=1S/C20H26N2O3S3/c1-13(2)15-4-6-16(7-5-15)20-22-18(11-27-20)10-26-14(3)19(23)21-17-8-9-28(24,25)12-17/h4-7,11,13-14,17H,8-10,12H2,1-3H3,(H,21,23). The zero-order chi connectivity index (χ0) is 20.3. The largest absolute Gasteiger partial charge is 0.351 e. The van der Waals surface area contributed by atoms with Gasteiger partial charge in [0, 0.05) is 22.7 Å². The lowest BCUT2D eigenvalue weighted by Gasteiger charge is -2.15. The molecule has 1 aromatic heterocycles. The van der Waals surface area contributed by atoms with Gasteiger partial charge in [-0.3, -0.25) is 4.79 Å². The minimum Gasteiger partial charge on any atom is -0.351 e. The molecule has 0 spiro atoms. The van der Waals surface area contributed by atoms with Crippen LogP contribution in [0.2, 0.25) is 0 Å². The van der Waals surface area contributed by atoms with Gasteiger partial charge in [0.15, 0.2) is 9.84 Å². The van der Waals surface area contributed by atoms with E-state index >= 15 is 0 Å². The highest BCUT2D eigenvalue weighted by molar-refractivity contribution is 7.99. The summed E-state index contributed by atoms with van der Waals surface area (Å²) in [5, 5.41) is 5.63. The zero-order valence-corrected chi connectivity index (χ0v) is 18.8. The highest BCUT2D eigenvalue weighted by Gasteiger charge is 2.30.